The predicted molar refractivity (Wildman–Crippen MR) is 85.8 cm³/mol. The lowest BCUT2D eigenvalue weighted by molar-refractivity contribution is -0.124. The SMILES string of the molecule is C=C[C@@H]1C[C@H](C(C)=O)N(C(=O)OC(C)(C)C)[C@@H]1[C@@H]1CN1C(C)=O. The Labute approximate surface area is 137 Å². The summed E-state index contributed by atoms with van der Waals surface area (Å²) in [6.07, 6.45) is 1.81. The highest BCUT2D eigenvalue weighted by atomic mass is 16.6. The monoisotopic (exact) mass is 322 g/mol. The Morgan fingerprint density at radius 3 is 2.22 bits per heavy atom. The van der Waals surface area contributed by atoms with E-state index in [1.165, 1.54) is 18.7 Å². The first-order valence-electron chi connectivity index (χ1n) is 7.98. The molecule has 0 N–H and O–H groups in total. The first-order chi connectivity index (χ1) is 10.6. The minimum atomic E-state index is -0.640. The van der Waals surface area contributed by atoms with Gasteiger partial charge in [0.15, 0.2) is 5.78 Å². The third kappa shape index (κ3) is 3.57. The molecule has 2 rings (SSSR count). The number of amides is 2. The zero-order valence-corrected chi connectivity index (χ0v) is 14.5. The predicted octanol–water partition coefficient (Wildman–Crippen LogP) is 1.99. The first kappa shape index (κ1) is 17.5. The van der Waals surface area contributed by atoms with Crippen LogP contribution in [0.4, 0.5) is 4.79 Å². The molecule has 4 atom stereocenters. The molecule has 6 heteroatoms. The van der Waals surface area contributed by atoms with Gasteiger partial charge in [0.2, 0.25) is 5.91 Å². The molecule has 0 aromatic heterocycles. The molecule has 0 aromatic rings. The minimum Gasteiger partial charge on any atom is -0.444 e. The van der Waals surface area contributed by atoms with Gasteiger partial charge in [-0.2, -0.15) is 0 Å². The maximum absolute atomic E-state index is 12.7. The number of hydrogen-bond acceptors (Lipinski definition) is 4. The summed E-state index contributed by atoms with van der Waals surface area (Å²) < 4.78 is 5.50. The van der Waals surface area contributed by atoms with E-state index < -0.39 is 17.7 Å². The summed E-state index contributed by atoms with van der Waals surface area (Å²) >= 11 is 0. The molecule has 0 aliphatic carbocycles. The lowest BCUT2D eigenvalue weighted by atomic mass is 9.96. The van der Waals surface area contributed by atoms with E-state index in [-0.39, 0.29) is 29.7 Å². The van der Waals surface area contributed by atoms with Crippen molar-refractivity contribution < 1.29 is 19.1 Å². The average molecular weight is 322 g/mol. The standard InChI is InChI=1S/C17H26N2O4/c1-7-12-8-13(10(2)20)19(16(22)23-17(4,5)6)15(12)14-9-18(14)11(3)21/h7,12-15H,1,8-9H2,2-6H3/t12-,13-,14+,15+,18?/m1/s1. The quantitative estimate of drug-likeness (QED) is 0.589. The maximum Gasteiger partial charge on any atom is 0.411 e. The van der Waals surface area contributed by atoms with Crippen LogP contribution in [0, 0.1) is 5.92 Å². The van der Waals surface area contributed by atoms with Crippen molar-refractivity contribution in [2.45, 2.75) is 64.8 Å². The Hall–Kier alpha value is -1.85. The molecule has 0 saturated carbocycles. The lowest BCUT2D eigenvalue weighted by Gasteiger charge is -2.32. The normalized spacial score (nSPS) is 30.1. The molecule has 2 saturated heterocycles. The Bertz CT molecular complexity index is 537. The summed E-state index contributed by atoms with van der Waals surface area (Å²) in [4.78, 5) is 39.5. The second-order valence-corrected chi connectivity index (χ2v) is 7.38. The topological polar surface area (TPSA) is 66.7 Å². The van der Waals surface area contributed by atoms with Crippen molar-refractivity contribution in [1.29, 1.82) is 0 Å². The van der Waals surface area contributed by atoms with E-state index in [0.717, 1.165) is 0 Å². The van der Waals surface area contributed by atoms with Crippen LogP contribution in [-0.4, -0.2) is 57.9 Å². The van der Waals surface area contributed by atoms with Gasteiger partial charge in [0.25, 0.3) is 0 Å². The Morgan fingerprint density at radius 2 is 1.83 bits per heavy atom. The smallest absolute Gasteiger partial charge is 0.411 e. The molecule has 6 nitrogen and oxygen atoms in total. The second kappa shape index (κ2) is 5.98. The van der Waals surface area contributed by atoms with E-state index in [1.54, 1.807) is 31.7 Å². The summed E-state index contributed by atoms with van der Waals surface area (Å²) in [7, 11) is 0. The average Bonchev–Trinajstić information content (AvgIpc) is 3.09. The molecule has 0 radical (unpaired) electrons. The molecule has 23 heavy (non-hydrogen) atoms. The fourth-order valence-corrected chi connectivity index (χ4v) is 3.37. The number of ketones is 1. The van der Waals surface area contributed by atoms with Gasteiger partial charge in [0.1, 0.15) is 5.60 Å². The second-order valence-electron chi connectivity index (χ2n) is 7.38. The summed E-state index contributed by atoms with van der Waals surface area (Å²) in [5, 5.41) is 0. The van der Waals surface area contributed by atoms with Gasteiger partial charge in [0, 0.05) is 19.4 Å². The van der Waals surface area contributed by atoms with Crippen molar-refractivity contribution in [2.24, 2.45) is 5.92 Å². The Morgan fingerprint density at radius 1 is 1.22 bits per heavy atom. The Balaban J connectivity index is 2.30. The lowest BCUT2D eigenvalue weighted by Crippen LogP contribution is -2.50. The molecule has 128 valence electrons. The molecular weight excluding hydrogens is 296 g/mol. The van der Waals surface area contributed by atoms with Crippen molar-refractivity contribution in [3.05, 3.63) is 12.7 Å². The number of ether oxygens (including phenoxy) is 1. The van der Waals surface area contributed by atoms with Crippen LogP contribution in [0.15, 0.2) is 12.7 Å². The van der Waals surface area contributed by atoms with Crippen LogP contribution >= 0.6 is 0 Å². The van der Waals surface area contributed by atoms with E-state index in [4.69, 9.17) is 4.74 Å². The van der Waals surface area contributed by atoms with Crippen LogP contribution < -0.4 is 0 Å². The van der Waals surface area contributed by atoms with Crippen molar-refractivity contribution in [1.82, 2.24) is 9.80 Å². The van der Waals surface area contributed by atoms with Gasteiger partial charge in [-0.1, -0.05) is 6.08 Å². The van der Waals surface area contributed by atoms with Crippen LogP contribution in [0.5, 0.6) is 0 Å². The fraction of sp³-hybridized carbons (Fsp3) is 0.706. The fourth-order valence-electron chi connectivity index (χ4n) is 3.37. The molecule has 2 aliphatic rings. The highest BCUT2D eigenvalue weighted by molar-refractivity contribution is 5.87. The number of carbonyl (C=O) groups is 3. The summed E-state index contributed by atoms with van der Waals surface area (Å²) in [5.74, 6) is -0.112. The zero-order chi connectivity index (χ0) is 17.5. The van der Waals surface area contributed by atoms with Gasteiger partial charge in [0.05, 0.1) is 18.1 Å². The highest BCUT2D eigenvalue weighted by Gasteiger charge is 2.55. The third-order valence-corrected chi connectivity index (χ3v) is 4.42. The molecule has 0 spiro atoms. The maximum atomic E-state index is 12.7. The van der Waals surface area contributed by atoms with Gasteiger partial charge in [-0.25, -0.2) is 4.79 Å². The molecule has 0 bridgehead atoms. The highest BCUT2D eigenvalue weighted by Crippen LogP contribution is 2.40. The summed E-state index contributed by atoms with van der Waals surface area (Å²) in [5.41, 5.74) is -0.640. The van der Waals surface area contributed by atoms with Gasteiger partial charge in [-0.15, -0.1) is 6.58 Å². The molecule has 2 heterocycles. The molecule has 2 aliphatic heterocycles. The van der Waals surface area contributed by atoms with Gasteiger partial charge < -0.3 is 9.64 Å². The number of nitrogens with zero attached hydrogens (tertiary/aromatic N) is 2. The van der Waals surface area contributed by atoms with E-state index in [9.17, 15) is 14.4 Å². The van der Waals surface area contributed by atoms with Crippen molar-refractivity contribution >= 4 is 17.8 Å². The molecule has 2 fully saturated rings. The molecule has 2 amide bonds. The number of carbonyl (C=O) groups excluding carboxylic acids is 3. The summed E-state index contributed by atoms with van der Waals surface area (Å²) in [6.45, 7) is 12.8. The van der Waals surface area contributed by atoms with Crippen molar-refractivity contribution in [2.75, 3.05) is 6.54 Å². The van der Waals surface area contributed by atoms with E-state index in [2.05, 4.69) is 6.58 Å². The molecule has 0 aromatic carbocycles. The third-order valence-electron chi connectivity index (χ3n) is 4.42. The minimum absolute atomic E-state index is 0.0202. The van der Waals surface area contributed by atoms with E-state index >= 15 is 0 Å². The van der Waals surface area contributed by atoms with Gasteiger partial charge >= 0.3 is 6.09 Å². The Kier molecular flexibility index (Phi) is 4.55. The number of Topliss-reactive ketones (excluding diaryl/α,β-unsaturated/α-hetero) is 1. The van der Waals surface area contributed by atoms with Gasteiger partial charge in [-0.05, 0) is 34.1 Å². The number of likely N-dealkylation sites (tertiary alicyclic amines) is 1. The number of rotatable bonds is 3. The largest absolute Gasteiger partial charge is 0.444 e. The van der Waals surface area contributed by atoms with Crippen molar-refractivity contribution in [3.63, 3.8) is 0 Å². The van der Waals surface area contributed by atoms with Crippen LogP contribution in [0.2, 0.25) is 0 Å². The zero-order valence-electron chi connectivity index (χ0n) is 14.5. The van der Waals surface area contributed by atoms with E-state index in [0.29, 0.717) is 13.0 Å². The van der Waals surface area contributed by atoms with Crippen LogP contribution in [-0.2, 0) is 14.3 Å². The van der Waals surface area contributed by atoms with Crippen LogP contribution in [0.25, 0.3) is 0 Å². The van der Waals surface area contributed by atoms with Gasteiger partial charge in [-0.3, -0.25) is 14.5 Å². The first-order valence-corrected chi connectivity index (χ1v) is 7.98. The number of hydrogen-bond donors (Lipinski definition) is 0. The van der Waals surface area contributed by atoms with Crippen LogP contribution in [0.3, 0.4) is 0 Å². The van der Waals surface area contributed by atoms with E-state index in [1.807, 2.05) is 0 Å². The molecule has 0 unspecified atom stereocenters. The molecular formula is C17H26N2O4. The summed E-state index contributed by atoms with van der Waals surface area (Å²) in [6, 6.07) is -0.834. The van der Waals surface area contributed by atoms with Crippen LogP contribution in [0.1, 0.15) is 41.0 Å². The van der Waals surface area contributed by atoms with Crippen molar-refractivity contribution in [3.8, 4) is 0 Å².